The first-order chi connectivity index (χ1) is 12.5. The smallest absolute Gasteiger partial charge is 0.254 e. The highest BCUT2D eigenvalue weighted by Crippen LogP contribution is 2.21. The highest BCUT2D eigenvalue weighted by Gasteiger charge is 2.13. The molecule has 3 aromatic rings. The summed E-state index contributed by atoms with van der Waals surface area (Å²) in [7, 11) is 0. The number of anilines is 3. The van der Waals surface area contributed by atoms with Crippen LogP contribution in [0, 0.1) is 0 Å². The summed E-state index contributed by atoms with van der Waals surface area (Å²) in [6.07, 6.45) is 4.55. The molecule has 0 saturated carbocycles. The molecule has 0 bridgehead atoms. The van der Waals surface area contributed by atoms with Gasteiger partial charge in [0.25, 0.3) is 5.91 Å². The molecule has 2 aromatic heterocycles. The summed E-state index contributed by atoms with van der Waals surface area (Å²) in [5.41, 5.74) is 12.8. The van der Waals surface area contributed by atoms with E-state index >= 15 is 0 Å². The second kappa shape index (κ2) is 7.57. The third-order valence-corrected chi connectivity index (χ3v) is 3.39. The number of rotatable bonds is 7. The van der Waals surface area contributed by atoms with Gasteiger partial charge in [-0.1, -0.05) is 6.07 Å². The second-order valence-electron chi connectivity index (χ2n) is 5.67. The van der Waals surface area contributed by atoms with Gasteiger partial charge in [0.1, 0.15) is 11.4 Å². The molecule has 3 rings (SSSR count). The van der Waals surface area contributed by atoms with Crippen molar-refractivity contribution in [2.75, 3.05) is 17.2 Å². The van der Waals surface area contributed by atoms with Gasteiger partial charge in [-0.3, -0.25) is 4.79 Å². The Balaban J connectivity index is 1.89. The van der Waals surface area contributed by atoms with Crippen LogP contribution in [-0.2, 0) is 0 Å². The summed E-state index contributed by atoms with van der Waals surface area (Å²) in [5.74, 6) is 0.0149. The van der Waals surface area contributed by atoms with E-state index in [1.165, 1.54) is 11.0 Å². The van der Waals surface area contributed by atoms with Crippen molar-refractivity contribution < 1.29 is 4.79 Å². The van der Waals surface area contributed by atoms with Crippen LogP contribution in [0.5, 0.6) is 0 Å². The van der Waals surface area contributed by atoms with Crippen molar-refractivity contribution in [1.82, 2.24) is 25.0 Å². The topological polar surface area (TPSA) is 150 Å². The van der Waals surface area contributed by atoms with Crippen molar-refractivity contribution in [3.8, 4) is 5.69 Å². The zero-order valence-electron chi connectivity index (χ0n) is 14.1. The Morgan fingerprint density at radius 2 is 2.08 bits per heavy atom. The largest absolute Gasteiger partial charge is 0.365 e. The summed E-state index contributed by atoms with van der Waals surface area (Å²) in [4.78, 5) is 21.6. The lowest BCUT2D eigenvalue weighted by Gasteiger charge is -2.13. The minimum Gasteiger partial charge on any atom is -0.365 e. The predicted molar refractivity (Wildman–Crippen MR) is 97.3 cm³/mol. The fourth-order valence-electron chi connectivity index (χ4n) is 2.19. The van der Waals surface area contributed by atoms with Crippen molar-refractivity contribution in [3.05, 3.63) is 48.4 Å². The van der Waals surface area contributed by atoms with Gasteiger partial charge in [-0.2, -0.15) is 20.0 Å². The molecule has 10 nitrogen and oxygen atoms in total. The molecular formula is C16H19N9O. The summed E-state index contributed by atoms with van der Waals surface area (Å²) in [5, 5.41) is 14.3. The van der Waals surface area contributed by atoms with E-state index in [0.717, 1.165) is 5.69 Å². The predicted octanol–water partition coefficient (Wildman–Crippen LogP) is 0.659. The summed E-state index contributed by atoms with van der Waals surface area (Å²) < 4.78 is 0. The molecule has 1 aromatic carbocycles. The molecule has 0 radical (unpaired) electrons. The third-order valence-electron chi connectivity index (χ3n) is 3.39. The van der Waals surface area contributed by atoms with Gasteiger partial charge < -0.3 is 22.1 Å². The quantitative estimate of drug-likeness (QED) is 0.484. The Morgan fingerprint density at radius 3 is 2.77 bits per heavy atom. The Bertz CT molecular complexity index is 892. The Hall–Kier alpha value is -3.53. The van der Waals surface area contributed by atoms with Gasteiger partial charge >= 0.3 is 0 Å². The summed E-state index contributed by atoms with van der Waals surface area (Å²) >= 11 is 0. The number of hydrogen-bond donors (Lipinski definition) is 4. The van der Waals surface area contributed by atoms with Crippen LogP contribution >= 0.6 is 0 Å². The third kappa shape index (κ3) is 4.11. The molecule has 0 aliphatic carbocycles. The van der Waals surface area contributed by atoms with Crippen LogP contribution in [0.2, 0.25) is 0 Å². The van der Waals surface area contributed by atoms with Crippen LogP contribution in [0.3, 0.4) is 0 Å². The zero-order valence-corrected chi connectivity index (χ0v) is 14.1. The maximum absolute atomic E-state index is 11.7. The van der Waals surface area contributed by atoms with E-state index in [0.29, 0.717) is 24.0 Å². The number of aromatic nitrogens is 5. The van der Waals surface area contributed by atoms with E-state index < -0.39 is 5.91 Å². The Kier molecular flexibility index (Phi) is 5.04. The molecule has 10 heteroatoms. The number of hydrogen-bond acceptors (Lipinski definition) is 8. The average Bonchev–Trinajstić information content (AvgIpc) is 3.15. The maximum atomic E-state index is 11.7. The van der Waals surface area contributed by atoms with Gasteiger partial charge in [0.05, 0.1) is 18.1 Å². The fourth-order valence-corrected chi connectivity index (χ4v) is 2.19. The van der Waals surface area contributed by atoms with Crippen molar-refractivity contribution in [2.45, 2.75) is 13.0 Å². The molecule has 0 saturated heterocycles. The number of carbonyl (C=O) groups excluding carboxylic acids is 1. The van der Waals surface area contributed by atoms with Gasteiger partial charge in [-0.25, -0.2) is 4.98 Å². The van der Waals surface area contributed by atoms with Gasteiger partial charge in [-0.05, 0) is 25.1 Å². The fraction of sp³-hybridized carbons (Fsp3) is 0.188. The van der Waals surface area contributed by atoms with E-state index in [4.69, 9.17) is 11.5 Å². The molecule has 6 N–H and O–H groups in total. The molecule has 0 aliphatic heterocycles. The number of nitrogens with two attached hydrogens (primary N) is 2. The lowest BCUT2D eigenvalue weighted by Crippen LogP contribution is -2.26. The molecule has 0 spiro atoms. The molecule has 1 atom stereocenters. The van der Waals surface area contributed by atoms with E-state index in [1.807, 2.05) is 31.2 Å². The highest BCUT2D eigenvalue weighted by atomic mass is 16.1. The summed E-state index contributed by atoms with van der Waals surface area (Å²) in [6, 6.07) is 7.28. The average molecular weight is 353 g/mol. The monoisotopic (exact) mass is 353 g/mol. The van der Waals surface area contributed by atoms with Crippen molar-refractivity contribution >= 4 is 23.4 Å². The SMILES string of the molecule is C[C@@H](N)CNc1ncc(C(N)=O)c(Nc2cccc(-n3nccn3)c2)n1. The number of primary amides is 1. The van der Waals surface area contributed by atoms with Gasteiger partial charge in [0.2, 0.25) is 5.95 Å². The van der Waals surface area contributed by atoms with Gasteiger partial charge in [0, 0.05) is 24.5 Å². The van der Waals surface area contributed by atoms with E-state index in [1.54, 1.807) is 12.4 Å². The minimum absolute atomic E-state index is 0.0657. The molecule has 2 heterocycles. The summed E-state index contributed by atoms with van der Waals surface area (Å²) in [6.45, 7) is 2.36. The molecule has 0 fully saturated rings. The van der Waals surface area contributed by atoms with Crippen LogP contribution in [-0.4, -0.2) is 43.5 Å². The lowest BCUT2D eigenvalue weighted by atomic mass is 10.2. The molecule has 26 heavy (non-hydrogen) atoms. The lowest BCUT2D eigenvalue weighted by molar-refractivity contribution is 0.100. The van der Waals surface area contributed by atoms with Crippen LogP contribution in [0.4, 0.5) is 17.5 Å². The molecular weight excluding hydrogens is 334 g/mol. The van der Waals surface area contributed by atoms with Crippen molar-refractivity contribution in [1.29, 1.82) is 0 Å². The number of nitrogens with one attached hydrogen (secondary N) is 2. The first-order valence-electron chi connectivity index (χ1n) is 7.93. The standard InChI is InChI=1S/C16H19N9O/c1-10(17)8-19-16-20-9-13(14(18)26)15(24-16)23-11-3-2-4-12(7-11)25-21-5-6-22-25/h2-7,9-10H,8,17H2,1H3,(H2,18,26)(H2,19,20,23,24)/t10-/m1/s1. The van der Waals surface area contributed by atoms with Crippen LogP contribution in [0.15, 0.2) is 42.9 Å². The number of amides is 1. The zero-order chi connectivity index (χ0) is 18.5. The van der Waals surface area contributed by atoms with E-state index in [2.05, 4.69) is 30.8 Å². The van der Waals surface area contributed by atoms with Gasteiger partial charge in [-0.15, -0.1) is 0 Å². The van der Waals surface area contributed by atoms with Gasteiger partial charge in [0.15, 0.2) is 0 Å². The normalized spacial score (nSPS) is 11.8. The maximum Gasteiger partial charge on any atom is 0.254 e. The molecule has 0 unspecified atom stereocenters. The number of benzene rings is 1. The minimum atomic E-state index is -0.629. The van der Waals surface area contributed by atoms with Crippen LogP contribution in [0.1, 0.15) is 17.3 Å². The number of nitrogens with zero attached hydrogens (tertiary/aromatic N) is 5. The highest BCUT2D eigenvalue weighted by molar-refractivity contribution is 5.98. The first kappa shape index (κ1) is 17.3. The molecule has 1 amide bonds. The van der Waals surface area contributed by atoms with Crippen molar-refractivity contribution in [2.24, 2.45) is 11.5 Å². The number of carbonyl (C=O) groups is 1. The molecule has 134 valence electrons. The van der Waals surface area contributed by atoms with Crippen molar-refractivity contribution in [3.63, 3.8) is 0 Å². The Morgan fingerprint density at radius 1 is 1.31 bits per heavy atom. The van der Waals surface area contributed by atoms with E-state index in [-0.39, 0.29) is 11.6 Å². The van der Waals surface area contributed by atoms with E-state index in [9.17, 15) is 4.79 Å². The van der Waals surface area contributed by atoms with Crippen LogP contribution in [0.25, 0.3) is 5.69 Å². The second-order valence-corrected chi connectivity index (χ2v) is 5.67. The van der Waals surface area contributed by atoms with Crippen LogP contribution < -0.4 is 22.1 Å². The Labute approximate surface area is 149 Å². The molecule has 0 aliphatic rings. The first-order valence-corrected chi connectivity index (χ1v) is 7.93.